The molecule has 1 aliphatic carbocycles. The van der Waals surface area contributed by atoms with Crippen molar-refractivity contribution < 1.29 is 19.1 Å². The first kappa shape index (κ1) is 19.9. The molecule has 1 saturated carbocycles. The maximum Gasteiger partial charge on any atom is 0.253 e. The van der Waals surface area contributed by atoms with Crippen LogP contribution in [0.5, 0.6) is 5.75 Å². The zero-order valence-electron chi connectivity index (χ0n) is 16.2. The average Bonchev–Trinajstić information content (AvgIpc) is 3.27. The zero-order valence-corrected chi connectivity index (χ0v) is 16.2. The van der Waals surface area contributed by atoms with Crippen LogP contribution in [0.1, 0.15) is 35.2 Å². The van der Waals surface area contributed by atoms with Gasteiger partial charge in [-0.05, 0) is 43.0 Å². The lowest BCUT2D eigenvalue weighted by Gasteiger charge is -2.35. The first-order valence-corrected chi connectivity index (χ1v) is 9.47. The fourth-order valence-corrected chi connectivity index (χ4v) is 3.65. The van der Waals surface area contributed by atoms with Crippen molar-refractivity contribution >= 4 is 11.8 Å². The summed E-state index contributed by atoms with van der Waals surface area (Å²) >= 11 is 0. The highest BCUT2D eigenvalue weighted by Gasteiger charge is 2.35. The van der Waals surface area contributed by atoms with Gasteiger partial charge >= 0.3 is 0 Å². The topological polar surface area (TPSA) is 92.4 Å². The van der Waals surface area contributed by atoms with Gasteiger partial charge in [-0.15, -0.1) is 0 Å². The van der Waals surface area contributed by atoms with Crippen LogP contribution in [0.25, 0.3) is 0 Å². The molecule has 3 N–H and O–H groups in total. The van der Waals surface area contributed by atoms with E-state index < -0.39 is 0 Å². The number of amides is 2. The first-order chi connectivity index (χ1) is 13.6. The van der Waals surface area contributed by atoms with E-state index in [4.69, 9.17) is 9.47 Å². The number of hydrogen-bond acceptors (Lipinski definition) is 4. The minimum Gasteiger partial charge on any atom is -0.497 e. The Bertz CT molecular complexity index is 791. The van der Waals surface area contributed by atoms with Crippen molar-refractivity contribution in [3.63, 3.8) is 0 Å². The third-order valence-corrected chi connectivity index (χ3v) is 5.24. The lowest BCUT2D eigenvalue weighted by Crippen LogP contribution is -2.50. The monoisotopic (exact) mass is 385 g/mol. The quantitative estimate of drug-likeness (QED) is 0.682. The van der Waals surface area contributed by atoms with Gasteiger partial charge in [0.05, 0.1) is 24.8 Å². The minimum absolute atomic E-state index is 0.00161. The summed E-state index contributed by atoms with van der Waals surface area (Å²) in [4.78, 5) is 27.9. The van der Waals surface area contributed by atoms with Gasteiger partial charge in [0.15, 0.2) is 0 Å². The number of aromatic nitrogens is 1. The van der Waals surface area contributed by atoms with E-state index in [2.05, 4.69) is 15.6 Å². The Morgan fingerprint density at radius 1 is 1.21 bits per heavy atom. The lowest BCUT2D eigenvalue weighted by atomic mass is 9.83. The van der Waals surface area contributed by atoms with Gasteiger partial charge < -0.3 is 25.1 Å². The second-order valence-electron chi connectivity index (χ2n) is 7.03. The molecule has 1 aliphatic rings. The van der Waals surface area contributed by atoms with E-state index >= 15 is 0 Å². The molecule has 0 unspecified atom stereocenters. The molecule has 0 saturated heterocycles. The standard InChI is InChI=1S/C21H27N3O4/c1-27-17-5-3-4-14(10-17)12-23-20(25)15-6-7-19(28-2)18(11-15)24-21(26)16-8-9-22-13-16/h3-5,8-10,13,15,18-19,22H,6-7,11-12H2,1-2H3,(H,23,25)(H,24,26)/t15-,18+,19+/m0/s1. The van der Waals surface area contributed by atoms with E-state index in [9.17, 15) is 9.59 Å². The van der Waals surface area contributed by atoms with Crippen molar-refractivity contribution in [3.8, 4) is 5.75 Å². The highest BCUT2D eigenvalue weighted by Crippen LogP contribution is 2.27. The third kappa shape index (κ3) is 4.92. The Hall–Kier alpha value is -2.80. The van der Waals surface area contributed by atoms with Crippen molar-refractivity contribution in [2.45, 2.75) is 38.0 Å². The second kappa shape index (κ2) is 9.41. The van der Waals surface area contributed by atoms with Gasteiger partial charge in [-0.3, -0.25) is 9.59 Å². The molecule has 28 heavy (non-hydrogen) atoms. The number of carbonyl (C=O) groups is 2. The van der Waals surface area contributed by atoms with Crippen LogP contribution in [0, 0.1) is 5.92 Å². The molecule has 3 rings (SSSR count). The number of benzene rings is 1. The summed E-state index contributed by atoms with van der Waals surface area (Å²) < 4.78 is 10.8. The van der Waals surface area contributed by atoms with Gasteiger partial charge in [-0.2, -0.15) is 0 Å². The number of carbonyl (C=O) groups excluding carboxylic acids is 2. The zero-order chi connectivity index (χ0) is 19.9. The van der Waals surface area contributed by atoms with Gasteiger partial charge in [0.25, 0.3) is 5.91 Å². The third-order valence-electron chi connectivity index (χ3n) is 5.24. The van der Waals surface area contributed by atoms with Gasteiger partial charge in [-0.25, -0.2) is 0 Å². The molecule has 0 spiro atoms. The van der Waals surface area contributed by atoms with Crippen LogP contribution in [0.4, 0.5) is 0 Å². The number of H-pyrrole nitrogens is 1. The first-order valence-electron chi connectivity index (χ1n) is 9.47. The van der Waals surface area contributed by atoms with Crippen LogP contribution in [0.15, 0.2) is 42.7 Å². The van der Waals surface area contributed by atoms with E-state index in [1.54, 1.807) is 32.7 Å². The fraction of sp³-hybridized carbons (Fsp3) is 0.429. The van der Waals surface area contributed by atoms with Crippen molar-refractivity contribution in [1.82, 2.24) is 15.6 Å². The largest absolute Gasteiger partial charge is 0.497 e. The van der Waals surface area contributed by atoms with Crippen LogP contribution >= 0.6 is 0 Å². The SMILES string of the molecule is COc1cccc(CNC(=O)[C@H]2CC[C@@H](OC)[C@H](NC(=O)c3cc[nH]c3)C2)c1. The molecule has 2 aromatic rings. The summed E-state index contributed by atoms with van der Waals surface area (Å²) in [5, 5.41) is 6.02. The molecule has 150 valence electrons. The molecule has 7 heteroatoms. The lowest BCUT2D eigenvalue weighted by molar-refractivity contribution is -0.127. The maximum absolute atomic E-state index is 12.7. The smallest absolute Gasteiger partial charge is 0.253 e. The molecule has 3 atom stereocenters. The highest BCUT2D eigenvalue weighted by molar-refractivity contribution is 5.94. The Balaban J connectivity index is 1.57. The van der Waals surface area contributed by atoms with Crippen LogP contribution in [-0.2, 0) is 16.1 Å². The summed E-state index contributed by atoms with van der Waals surface area (Å²) in [6.45, 7) is 0.445. The van der Waals surface area contributed by atoms with Crippen molar-refractivity contribution in [2.75, 3.05) is 14.2 Å². The van der Waals surface area contributed by atoms with Crippen LogP contribution in [0.3, 0.4) is 0 Å². The molecule has 1 fully saturated rings. The van der Waals surface area contributed by atoms with E-state index in [0.29, 0.717) is 18.5 Å². The predicted molar refractivity (Wildman–Crippen MR) is 105 cm³/mol. The average molecular weight is 385 g/mol. The Morgan fingerprint density at radius 3 is 2.79 bits per heavy atom. The summed E-state index contributed by atoms with van der Waals surface area (Å²) in [5.74, 6) is 0.442. The molecule has 7 nitrogen and oxygen atoms in total. The van der Waals surface area contributed by atoms with Gasteiger partial charge in [-0.1, -0.05) is 12.1 Å². The van der Waals surface area contributed by atoms with Crippen molar-refractivity contribution in [3.05, 3.63) is 53.9 Å². The number of aromatic amines is 1. The molecular weight excluding hydrogens is 358 g/mol. The normalized spacial score (nSPS) is 21.7. The van der Waals surface area contributed by atoms with Crippen LogP contribution in [0.2, 0.25) is 0 Å². The van der Waals surface area contributed by atoms with Crippen LogP contribution in [-0.4, -0.2) is 43.2 Å². The fourth-order valence-electron chi connectivity index (χ4n) is 3.65. The molecule has 0 radical (unpaired) electrons. The van der Waals surface area contributed by atoms with Gasteiger partial charge in [0.2, 0.25) is 5.91 Å². The summed E-state index contributed by atoms with van der Waals surface area (Å²) in [5.41, 5.74) is 1.55. The number of hydrogen-bond donors (Lipinski definition) is 3. The van der Waals surface area contributed by atoms with Crippen molar-refractivity contribution in [2.24, 2.45) is 5.92 Å². The van der Waals surface area contributed by atoms with E-state index in [-0.39, 0.29) is 29.9 Å². The maximum atomic E-state index is 12.7. The summed E-state index contributed by atoms with van der Waals surface area (Å²) in [7, 11) is 3.26. The summed E-state index contributed by atoms with van der Waals surface area (Å²) in [6, 6.07) is 9.14. The second-order valence-corrected chi connectivity index (χ2v) is 7.03. The molecule has 2 amide bonds. The summed E-state index contributed by atoms with van der Waals surface area (Å²) in [6.07, 6.45) is 5.28. The number of rotatable bonds is 7. The van der Waals surface area contributed by atoms with Gasteiger partial charge in [0, 0.05) is 32.0 Å². The Labute approximate surface area is 164 Å². The molecule has 1 aromatic carbocycles. The molecule has 1 aromatic heterocycles. The van der Waals surface area contributed by atoms with E-state index in [0.717, 1.165) is 24.2 Å². The number of nitrogens with one attached hydrogen (secondary N) is 3. The number of methoxy groups -OCH3 is 2. The molecular formula is C21H27N3O4. The van der Waals surface area contributed by atoms with Crippen molar-refractivity contribution in [1.29, 1.82) is 0 Å². The van der Waals surface area contributed by atoms with E-state index in [1.807, 2.05) is 24.3 Å². The van der Waals surface area contributed by atoms with E-state index in [1.165, 1.54) is 0 Å². The molecule has 0 bridgehead atoms. The van der Waals surface area contributed by atoms with Gasteiger partial charge in [0.1, 0.15) is 5.75 Å². The highest BCUT2D eigenvalue weighted by atomic mass is 16.5. The Morgan fingerprint density at radius 2 is 2.07 bits per heavy atom. The minimum atomic E-state index is -0.200. The van der Waals surface area contributed by atoms with Crippen LogP contribution < -0.4 is 15.4 Å². The Kier molecular flexibility index (Phi) is 6.71. The molecule has 0 aliphatic heterocycles. The molecule has 1 heterocycles. The predicted octanol–water partition coefficient (Wildman–Crippen LogP) is 2.25. The number of ether oxygens (including phenoxy) is 2.